The molecular formula is C13H22N4S. The first-order valence-electron chi connectivity index (χ1n) is 6.48. The van der Waals surface area contributed by atoms with Crippen molar-refractivity contribution in [3.63, 3.8) is 0 Å². The van der Waals surface area contributed by atoms with Crippen LogP contribution in [0.15, 0.2) is 12.3 Å². The molecule has 0 aliphatic heterocycles. The van der Waals surface area contributed by atoms with Gasteiger partial charge >= 0.3 is 0 Å². The van der Waals surface area contributed by atoms with Gasteiger partial charge < -0.3 is 10.2 Å². The standard InChI is InChI=1S/C13H22N4S/c1-17(2)13-14-9-8-12(16-13)15-10-4-6-11(18-3)7-5-10/h8-11H,4-7H2,1-3H3,(H,14,15,16). The van der Waals surface area contributed by atoms with Gasteiger partial charge in [-0.15, -0.1) is 0 Å². The van der Waals surface area contributed by atoms with Crippen molar-refractivity contribution in [2.24, 2.45) is 0 Å². The number of anilines is 2. The molecule has 1 aliphatic rings. The summed E-state index contributed by atoms with van der Waals surface area (Å²) >= 11 is 2.00. The topological polar surface area (TPSA) is 41.1 Å². The minimum absolute atomic E-state index is 0.568. The van der Waals surface area contributed by atoms with Gasteiger partial charge in [-0.1, -0.05) is 0 Å². The minimum atomic E-state index is 0.568. The number of hydrogen-bond donors (Lipinski definition) is 1. The summed E-state index contributed by atoms with van der Waals surface area (Å²) in [5, 5.41) is 4.39. The molecule has 18 heavy (non-hydrogen) atoms. The zero-order valence-electron chi connectivity index (χ0n) is 11.4. The summed E-state index contributed by atoms with van der Waals surface area (Å²) in [5.74, 6) is 1.71. The van der Waals surface area contributed by atoms with Crippen LogP contribution in [0.25, 0.3) is 0 Å². The normalized spacial score (nSPS) is 23.7. The number of rotatable bonds is 4. The summed E-state index contributed by atoms with van der Waals surface area (Å²) in [5.41, 5.74) is 0. The van der Waals surface area contributed by atoms with Gasteiger partial charge in [0.1, 0.15) is 5.82 Å². The van der Waals surface area contributed by atoms with Crippen LogP contribution in [-0.2, 0) is 0 Å². The van der Waals surface area contributed by atoms with Crippen LogP contribution in [0.2, 0.25) is 0 Å². The Bertz CT molecular complexity index is 375. The third-order valence-electron chi connectivity index (χ3n) is 3.40. The molecule has 100 valence electrons. The Morgan fingerprint density at radius 1 is 1.28 bits per heavy atom. The van der Waals surface area contributed by atoms with Crippen molar-refractivity contribution < 1.29 is 0 Å². The fourth-order valence-corrected chi connectivity index (χ4v) is 3.04. The predicted octanol–water partition coefficient (Wildman–Crippen LogP) is 2.63. The van der Waals surface area contributed by atoms with Crippen molar-refractivity contribution in [2.45, 2.75) is 37.0 Å². The van der Waals surface area contributed by atoms with E-state index in [1.807, 2.05) is 43.0 Å². The van der Waals surface area contributed by atoms with Gasteiger partial charge in [0.25, 0.3) is 0 Å². The first kappa shape index (κ1) is 13.5. The molecule has 2 rings (SSSR count). The van der Waals surface area contributed by atoms with Crippen molar-refractivity contribution in [1.82, 2.24) is 9.97 Å². The van der Waals surface area contributed by atoms with Crippen LogP contribution in [0.4, 0.5) is 11.8 Å². The van der Waals surface area contributed by atoms with Gasteiger partial charge in [-0.05, 0) is 38.0 Å². The minimum Gasteiger partial charge on any atom is -0.367 e. The molecular weight excluding hydrogens is 244 g/mol. The van der Waals surface area contributed by atoms with E-state index in [2.05, 4.69) is 21.5 Å². The summed E-state index contributed by atoms with van der Waals surface area (Å²) in [7, 11) is 3.92. The molecule has 1 N–H and O–H groups in total. The van der Waals surface area contributed by atoms with Crippen LogP contribution in [0.5, 0.6) is 0 Å². The van der Waals surface area contributed by atoms with E-state index in [-0.39, 0.29) is 0 Å². The Balaban J connectivity index is 1.92. The van der Waals surface area contributed by atoms with Crippen molar-refractivity contribution >= 4 is 23.5 Å². The van der Waals surface area contributed by atoms with Crippen LogP contribution in [-0.4, -0.2) is 41.6 Å². The number of nitrogens with one attached hydrogen (secondary N) is 1. The first-order chi connectivity index (χ1) is 8.69. The van der Waals surface area contributed by atoms with Crippen LogP contribution < -0.4 is 10.2 Å². The second-order valence-electron chi connectivity index (χ2n) is 4.99. The fourth-order valence-electron chi connectivity index (χ4n) is 2.30. The molecule has 0 saturated heterocycles. The molecule has 5 heteroatoms. The van der Waals surface area contributed by atoms with Crippen molar-refractivity contribution in [2.75, 3.05) is 30.6 Å². The summed E-state index contributed by atoms with van der Waals surface area (Å²) in [6.45, 7) is 0. The van der Waals surface area contributed by atoms with Crippen LogP contribution >= 0.6 is 11.8 Å². The third-order valence-corrected chi connectivity index (χ3v) is 4.54. The van der Waals surface area contributed by atoms with E-state index in [1.165, 1.54) is 25.7 Å². The molecule has 1 aromatic rings. The van der Waals surface area contributed by atoms with Gasteiger partial charge in [0.15, 0.2) is 0 Å². The summed E-state index contributed by atoms with van der Waals surface area (Å²) < 4.78 is 0. The molecule has 1 saturated carbocycles. The number of nitrogens with zero attached hydrogens (tertiary/aromatic N) is 3. The molecule has 1 aliphatic carbocycles. The second-order valence-corrected chi connectivity index (χ2v) is 6.13. The summed E-state index contributed by atoms with van der Waals surface area (Å²) in [6, 6.07) is 2.52. The fraction of sp³-hybridized carbons (Fsp3) is 0.692. The van der Waals surface area contributed by atoms with Gasteiger partial charge in [0.2, 0.25) is 5.95 Å². The molecule has 0 spiro atoms. The van der Waals surface area contributed by atoms with Gasteiger partial charge in [-0.2, -0.15) is 16.7 Å². The maximum Gasteiger partial charge on any atom is 0.226 e. The van der Waals surface area contributed by atoms with Gasteiger partial charge in [-0.25, -0.2) is 4.98 Å². The van der Waals surface area contributed by atoms with Crippen LogP contribution in [0, 0.1) is 0 Å². The smallest absolute Gasteiger partial charge is 0.226 e. The molecule has 1 heterocycles. The lowest BCUT2D eigenvalue weighted by Gasteiger charge is -2.28. The molecule has 0 radical (unpaired) electrons. The Kier molecular flexibility index (Phi) is 4.69. The van der Waals surface area contributed by atoms with E-state index in [1.54, 1.807) is 0 Å². The lowest BCUT2D eigenvalue weighted by Crippen LogP contribution is -2.27. The quantitative estimate of drug-likeness (QED) is 0.907. The van der Waals surface area contributed by atoms with Gasteiger partial charge in [0, 0.05) is 31.6 Å². The Morgan fingerprint density at radius 2 is 2.00 bits per heavy atom. The highest BCUT2D eigenvalue weighted by Gasteiger charge is 2.20. The van der Waals surface area contributed by atoms with Crippen LogP contribution in [0.1, 0.15) is 25.7 Å². The summed E-state index contributed by atoms with van der Waals surface area (Å²) in [4.78, 5) is 10.7. The molecule has 1 fully saturated rings. The maximum atomic E-state index is 4.50. The highest BCUT2D eigenvalue weighted by atomic mass is 32.2. The maximum absolute atomic E-state index is 4.50. The average molecular weight is 266 g/mol. The lowest BCUT2D eigenvalue weighted by atomic mass is 9.95. The molecule has 1 aromatic heterocycles. The monoisotopic (exact) mass is 266 g/mol. The molecule has 0 amide bonds. The van der Waals surface area contributed by atoms with E-state index in [0.29, 0.717) is 6.04 Å². The predicted molar refractivity (Wildman–Crippen MR) is 79.5 cm³/mol. The Labute approximate surface area is 114 Å². The summed E-state index contributed by atoms with van der Waals surface area (Å²) in [6.07, 6.45) is 9.14. The van der Waals surface area contributed by atoms with E-state index < -0.39 is 0 Å². The highest BCUT2D eigenvalue weighted by molar-refractivity contribution is 7.99. The SMILES string of the molecule is CSC1CCC(Nc2ccnc(N(C)C)n2)CC1. The molecule has 0 bridgehead atoms. The number of hydrogen-bond acceptors (Lipinski definition) is 5. The largest absolute Gasteiger partial charge is 0.367 e. The highest BCUT2D eigenvalue weighted by Crippen LogP contribution is 2.28. The first-order valence-corrected chi connectivity index (χ1v) is 7.77. The van der Waals surface area contributed by atoms with Crippen molar-refractivity contribution in [3.05, 3.63) is 12.3 Å². The van der Waals surface area contributed by atoms with Crippen molar-refractivity contribution in [3.8, 4) is 0 Å². The van der Waals surface area contributed by atoms with E-state index in [0.717, 1.165) is 17.0 Å². The molecule has 0 aromatic carbocycles. The second kappa shape index (κ2) is 6.27. The molecule has 0 unspecified atom stereocenters. The third kappa shape index (κ3) is 3.51. The van der Waals surface area contributed by atoms with Gasteiger partial charge in [0.05, 0.1) is 0 Å². The van der Waals surface area contributed by atoms with Crippen molar-refractivity contribution in [1.29, 1.82) is 0 Å². The average Bonchev–Trinajstić information content (AvgIpc) is 2.40. The molecule has 0 atom stereocenters. The van der Waals surface area contributed by atoms with E-state index in [9.17, 15) is 0 Å². The van der Waals surface area contributed by atoms with Gasteiger partial charge in [-0.3, -0.25) is 0 Å². The number of thioether (sulfide) groups is 1. The number of aromatic nitrogens is 2. The van der Waals surface area contributed by atoms with Crippen LogP contribution in [0.3, 0.4) is 0 Å². The zero-order chi connectivity index (χ0) is 13.0. The van der Waals surface area contributed by atoms with E-state index >= 15 is 0 Å². The van der Waals surface area contributed by atoms with E-state index in [4.69, 9.17) is 0 Å². The zero-order valence-corrected chi connectivity index (χ0v) is 12.2. The molecule has 4 nitrogen and oxygen atoms in total. The lowest BCUT2D eigenvalue weighted by molar-refractivity contribution is 0.472. The Morgan fingerprint density at radius 3 is 2.61 bits per heavy atom. The Hall–Kier alpha value is -0.970.